The van der Waals surface area contributed by atoms with E-state index in [1.165, 1.54) is 12.1 Å². The number of nitrogens with zero attached hydrogens (tertiary/aromatic N) is 3. The van der Waals surface area contributed by atoms with Gasteiger partial charge in [-0.1, -0.05) is 12.1 Å². The Morgan fingerprint density at radius 1 is 1.00 bits per heavy atom. The highest BCUT2D eigenvalue weighted by atomic mass is 19.1. The maximum absolute atomic E-state index is 13.0. The molecule has 3 aromatic rings. The Morgan fingerprint density at radius 3 is 2.55 bits per heavy atom. The van der Waals surface area contributed by atoms with E-state index in [-0.39, 0.29) is 11.6 Å². The third kappa shape index (κ3) is 2.02. The van der Waals surface area contributed by atoms with Crippen molar-refractivity contribution in [3.05, 3.63) is 71.8 Å². The van der Waals surface area contributed by atoms with Gasteiger partial charge in [0.1, 0.15) is 17.3 Å². The number of hydrogen-bond acceptors (Lipinski definition) is 3. The summed E-state index contributed by atoms with van der Waals surface area (Å²) >= 11 is 0. The van der Waals surface area contributed by atoms with Crippen LogP contribution in [-0.4, -0.2) is 14.9 Å². The minimum absolute atomic E-state index is 0.202. The molecule has 0 spiro atoms. The number of fused-ring (bicyclic) bond motifs is 1. The number of benzene rings is 2. The average molecular weight is 295 g/mol. The van der Waals surface area contributed by atoms with Gasteiger partial charge >= 0.3 is 0 Å². The van der Waals surface area contributed by atoms with E-state index in [0.717, 1.165) is 23.5 Å². The molecular weight excluding hydrogens is 281 g/mol. The Kier molecular flexibility index (Phi) is 2.85. The van der Waals surface area contributed by atoms with Gasteiger partial charge in [-0.3, -0.25) is 0 Å². The van der Waals surface area contributed by atoms with Crippen LogP contribution in [0.1, 0.15) is 11.3 Å². The Morgan fingerprint density at radius 2 is 1.77 bits per heavy atom. The summed E-state index contributed by atoms with van der Waals surface area (Å²) in [6.07, 6.45) is 1.82. The van der Waals surface area contributed by atoms with E-state index >= 15 is 0 Å². The second-order valence-corrected chi connectivity index (χ2v) is 5.35. The molecule has 110 valence electrons. The summed E-state index contributed by atoms with van der Waals surface area (Å²) in [6, 6.07) is 13.6. The largest absolute Gasteiger partial charge is 0.506 e. The van der Waals surface area contributed by atoms with Gasteiger partial charge in [0.05, 0.1) is 18.4 Å². The Bertz CT molecular complexity index is 826. The van der Waals surface area contributed by atoms with Crippen molar-refractivity contribution in [2.75, 3.05) is 4.90 Å². The van der Waals surface area contributed by atoms with Crippen molar-refractivity contribution in [3.8, 4) is 11.4 Å². The number of rotatable bonds is 2. The number of para-hydroxylation sites is 2. The lowest BCUT2D eigenvalue weighted by Crippen LogP contribution is -2.16. The number of aromatic nitrogens is 2. The van der Waals surface area contributed by atoms with Crippen molar-refractivity contribution in [3.63, 3.8) is 0 Å². The first-order valence-corrected chi connectivity index (χ1v) is 7.07. The second-order valence-electron chi connectivity index (χ2n) is 5.35. The molecule has 22 heavy (non-hydrogen) atoms. The lowest BCUT2D eigenvalue weighted by atomic mass is 10.2. The third-order valence-electron chi connectivity index (χ3n) is 3.96. The molecule has 1 aliphatic rings. The van der Waals surface area contributed by atoms with Crippen LogP contribution in [-0.2, 0) is 13.1 Å². The van der Waals surface area contributed by atoms with E-state index in [9.17, 15) is 9.50 Å². The highest BCUT2D eigenvalue weighted by molar-refractivity contribution is 5.53. The van der Waals surface area contributed by atoms with Crippen LogP contribution in [0.4, 0.5) is 10.1 Å². The molecule has 1 aliphatic heterocycles. The first-order valence-electron chi connectivity index (χ1n) is 7.07. The van der Waals surface area contributed by atoms with E-state index in [4.69, 9.17) is 0 Å². The summed E-state index contributed by atoms with van der Waals surface area (Å²) in [4.78, 5) is 2.16. The zero-order chi connectivity index (χ0) is 15.1. The minimum Gasteiger partial charge on any atom is -0.506 e. The first kappa shape index (κ1) is 12.9. The van der Waals surface area contributed by atoms with Crippen molar-refractivity contribution in [2.24, 2.45) is 0 Å². The van der Waals surface area contributed by atoms with E-state index in [1.807, 2.05) is 18.3 Å². The minimum atomic E-state index is -0.235. The van der Waals surface area contributed by atoms with Gasteiger partial charge in [0.2, 0.25) is 0 Å². The molecule has 5 heteroatoms. The summed E-state index contributed by atoms with van der Waals surface area (Å²) in [6.45, 7) is 1.41. The van der Waals surface area contributed by atoms with Crippen molar-refractivity contribution in [1.82, 2.24) is 9.78 Å². The van der Waals surface area contributed by atoms with Gasteiger partial charge in [-0.25, -0.2) is 9.07 Å². The maximum atomic E-state index is 13.0. The molecule has 0 bridgehead atoms. The zero-order valence-corrected chi connectivity index (χ0v) is 11.8. The van der Waals surface area contributed by atoms with Crippen LogP contribution in [0, 0.1) is 5.82 Å². The van der Waals surface area contributed by atoms with Crippen molar-refractivity contribution < 1.29 is 9.50 Å². The molecule has 0 fully saturated rings. The average Bonchev–Trinajstić information content (AvgIpc) is 3.09. The molecule has 2 heterocycles. The van der Waals surface area contributed by atoms with E-state index < -0.39 is 0 Å². The number of halogens is 1. The fourth-order valence-electron chi connectivity index (χ4n) is 2.84. The molecule has 4 nitrogen and oxygen atoms in total. The van der Waals surface area contributed by atoms with Crippen LogP contribution in [0.25, 0.3) is 5.69 Å². The maximum Gasteiger partial charge on any atom is 0.141 e. The fraction of sp³-hybridized carbons (Fsp3) is 0.118. The molecule has 0 unspecified atom stereocenters. The van der Waals surface area contributed by atoms with E-state index in [0.29, 0.717) is 12.2 Å². The van der Waals surface area contributed by atoms with Gasteiger partial charge in [0.15, 0.2) is 0 Å². The Hall–Kier alpha value is -2.82. The molecule has 0 amide bonds. The van der Waals surface area contributed by atoms with Gasteiger partial charge in [-0.05, 0) is 36.4 Å². The molecule has 0 atom stereocenters. The van der Waals surface area contributed by atoms with Crippen LogP contribution in [0.3, 0.4) is 0 Å². The van der Waals surface area contributed by atoms with E-state index in [2.05, 4.69) is 10.00 Å². The van der Waals surface area contributed by atoms with Gasteiger partial charge in [-0.2, -0.15) is 5.10 Å². The third-order valence-corrected chi connectivity index (χ3v) is 3.96. The van der Waals surface area contributed by atoms with E-state index in [1.54, 1.807) is 28.9 Å². The number of phenols is 1. The van der Waals surface area contributed by atoms with Gasteiger partial charge in [0.25, 0.3) is 0 Å². The first-order chi connectivity index (χ1) is 10.7. The lowest BCUT2D eigenvalue weighted by molar-refractivity contribution is 0.469. The number of phenolic OH excluding ortho intramolecular Hbond substituents is 1. The second kappa shape index (κ2) is 4.87. The molecular formula is C17H14FN3O. The highest BCUT2D eigenvalue weighted by Gasteiger charge is 2.25. The molecule has 0 saturated carbocycles. The summed E-state index contributed by atoms with van der Waals surface area (Å²) < 4.78 is 14.8. The molecule has 0 aliphatic carbocycles. The quantitative estimate of drug-likeness (QED) is 0.789. The molecule has 0 saturated heterocycles. The SMILES string of the molecule is Oc1ccccc1-n1ncc2c1CN(c1ccc(F)cc1)C2. The smallest absolute Gasteiger partial charge is 0.141 e. The lowest BCUT2D eigenvalue weighted by Gasteiger charge is -2.18. The van der Waals surface area contributed by atoms with Crippen LogP contribution < -0.4 is 4.90 Å². The topological polar surface area (TPSA) is 41.3 Å². The van der Waals surface area contributed by atoms with Crippen molar-refractivity contribution in [1.29, 1.82) is 0 Å². The summed E-state index contributed by atoms with van der Waals surface area (Å²) in [7, 11) is 0. The van der Waals surface area contributed by atoms with Crippen LogP contribution in [0.2, 0.25) is 0 Å². The predicted octanol–water partition coefficient (Wildman–Crippen LogP) is 3.24. The standard InChI is InChI=1S/C17H14FN3O/c18-13-5-7-14(8-6-13)20-10-12-9-19-21(16(12)11-20)15-3-1-2-4-17(15)22/h1-9,22H,10-11H2. The Balaban J connectivity index is 1.68. The molecule has 4 rings (SSSR count). The summed E-state index contributed by atoms with van der Waals surface area (Å²) in [5, 5.41) is 14.4. The molecule has 1 aromatic heterocycles. The summed E-state index contributed by atoms with van der Waals surface area (Å²) in [5.41, 5.74) is 3.81. The van der Waals surface area contributed by atoms with Gasteiger partial charge in [-0.15, -0.1) is 0 Å². The Labute approximate surface area is 127 Å². The monoisotopic (exact) mass is 295 g/mol. The summed E-state index contributed by atoms with van der Waals surface area (Å²) in [5.74, 6) is -0.0329. The van der Waals surface area contributed by atoms with Gasteiger partial charge in [0, 0.05) is 17.8 Å². The number of hydrogen-bond donors (Lipinski definition) is 1. The van der Waals surface area contributed by atoms with Crippen LogP contribution in [0.15, 0.2) is 54.7 Å². The number of anilines is 1. The predicted molar refractivity (Wildman–Crippen MR) is 81.5 cm³/mol. The molecule has 0 radical (unpaired) electrons. The fourth-order valence-corrected chi connectivity index (χ4v) is 2.84. The van der Waals surface area contributed by atoms with Crippen molar-refractivity contribution >= 4 is 5.69 Å². The number of aromatic hydroxyl groups is 1. The van der Waals surface area contributed by atoms with Gasteiger partial charge < -0.3 is 10.0 Å². The molecule has 2 aromatic carbocycles. The van der Waals surface area contributed by atoms with Crippen molar-refractivity contribution in [2.45, 2.75) is 13.1 Å². The van der Waals surface area contributed by atoms with Crippen LogP contribution >= 0.6 is 0 Å². The van der Waals surface area contributed by atoms with Crippen LogP contribution in [0.5, 0.6) is 5.75 Å². The highest BCUT2D eigenvalue weighted by Crippen LogP contribution is 2.31. The molecule has 1 N–H and O–H groups in total. The zero-order valence-electron chi connectivity index (χ0n) is 11.8. The normalized spacial score (nSPS) is 13.4.